The molecule has 4 N–H and O–H groups in total. The lowest BCUT2D eigenvalue weighted by Crippen LogP contribution is -2.32. The van der Waals surface area contributed by atoms with Crippen LogP contribution in [0.5, 0.6) is 5.75 Å². The lowest BCUT2D eigenvalue weighted by molar-refractivity contribution is -0.274. The van der Waals surface area contributed by atoms with E-state index >= 15 is 0 Å². The lowest BCUT2D eigenvalue weighted by atomic mass is 10.1. The molecule has 10 heteroatoms. The molecule has 0 bridgehead atoms. The first-order valence-electron chi connectivity index (χ1n) is 9.44. The maximum absolute atomic E-state index is 12.2. The number of guanidine groups is 1. The summed E-state index contributed by atoms with van der Waals surface area (Å²) in [4.78, 5) is 16.4. The van der Waals surface area contributed by atoms with Crippen molar-refractivity contribution in [2.75, 3.05) is 0 Å². The zero-order chi connectivity index (χ0) is 22.1. The van der Waals surface area contributed by atoms with Crippen molar-refractivity contribution in [3.05, 3.63) is 65.2 Å². The Hall–Kier alpha value is -2.50. The van der Waals surface area contributed by atoms with Crippen molar-refractivity contribution in [3.8, 4) is 5.75 Å². The summed E-state index contributed by atoms with van der Waals surface area (Å²) in [5.41, 5.74) is 7.94. The molecule has 0 aliphatic rings. The molecule has 31 heavy (non-hydrogen) atoms. The molecule has 0 saturated carbocycles. The summed E-state index contributed by atoms with van der Waals surface area (Å²) in [5.74, 6) is -0.246. The minimum Gasteiger partial charge on any atom is -0.406 e. The van der Waals surface area contributed by atoms with Crippen LogP contribution in [0.4, 0.5) is 13.2 Å². The molecule has 2 rings (SSSR count). The van der Waals surface area contributed by atoms with Gasteiger partial charge in [0.15, 0.2) is 5.96 Å². The van der Waals surface area contributed by atoms with Crippen molar-refractivity contribution >= 4 is 35.8 Å². The number of ether oxygens (including phenoxy) is 1. The topological polar surface area (TPSA) is 88.7 Å². The quantitative estimate of drug-likeness (QED) is 0.260. The highest BCUT2D eigenvalue weighted by atomic mass is 127. The van der Waals surface area contributed by atoms with Crippen LogP contribution in [0.3, 0.4) is 0 Å². The Morgan fingerprint density at radius 3 is 2.45 bits per heavy atom. The summed E-state index contributed by atoms with van der Waals surface area (Å²) in [6.45, 7) is 4.51. The summed E-state index contributed by atoms with van der Waals surface area (Å²) in [6, 6.07) is 12.7. The Morgan fingerprint density at radius 1 is 1.16 bits per heavy atom. The number of alkyl halides is 3. The standard InChI is InChI=1S/C21H25F3N4O2.HI/c1-3-14(2)28-19(29)17-6-4-5-16(11-17)13-27-20(25)26-12-15-7-9-18(10-8-15)30-21(22,23)24;/h4-11,14H,3,12-13H2,1-2H3,(H,28,29)(H3,25,26,27);1H. The number of nitrogens with one attached hydrogen (secondary N) is 2. The van der Waals surface area contributed by atoms with Gasteiger partial charge in [-0.2, -0.15) is 0 Å². The maximum atomic E-state index is 12.2. The summed E-state index contributed by atoms with van der Waals surface area (Å²) >= 11 is 0. The molecular formula is C21H26F3IN4O2. The molecule has 1 unspecified atom stereocenters. The van der Waals surface area contributed by atoms with E-state index in [4.69, 9.17) is 5.73 Å². The minimum absolute atomic E-state index is 0. The molecule has 1 atom stereocenters. The minimum atomic E-state index is -4.72. The van der Waals surface area contributed by atoms with E-state index in [1.807, 2.05) is 19.9 Å². The van der Waals surface area contributed by atoms with E-state index in [0.717, 1.165) is 12.0 Å². The molecule has 1 amide bonds. The summed E-state index contributed by atoms with van der Waals surface area (Å²) in [7, 11) is 0. The van der Waals surface area contributed by atoms with Crippen molar-refractivity contribution < 1.29 is 22.7 Å². The molecule has 170 valence electrons. The summed E-state index contributed by atoms with van der Waals surface area (Å²) < 4.78 is 40.3. The third-order valence-electron chi connectivity index (χ3n) is 4.24. The number of halogens is 4. The van der Waals surface area contributed by atoms with E-state index in [2.05, 4.69) is 20.4 Å². The van der Waals surface area contributed by atoms with Gasteiger partial charge in [-0.1, -0.05) is 31.2 Å². The number of benzene rings is 2. The van der Waals surface area contributed by atoms with Crippen molar-refractivity contribution in [1.82, 2.24) is 10.6 Å². The van der Waals surface area contributed by atoms with Gasteiger partial charge in [-0.3, -0.25) is 4.79 Å². The van der Waals surface area contributed by atoms with Crippen LogP contribution in [0.25, 0.3) is 0 Å². The second kappa shape index (κ2) is 12.4. The number of nitrogens with zero attached hydrogens (tertiary/aromatic N) is 1. The number of aliphatic imine (C=N–C) groups is 1. The van der Waals surface area contributed by atoms with Gasteiger partial charge in [0.2, 0.25) is 0 Å². The Kier molecular flexibility index (Phi) is 10.6. The number of nitrogens with two attached hydrogens (primary N) is 1. The van der Waals surface area contributed by atoms with Crippen molar-refractivity contribution in [2.45, 2.75) is 45.8 Å². The fraction of sp³-hybridized carbons (Fsp3) is 0.333. The first-order valence-corrected chi connectivity index (χ1v) is 9.44. The Bertz CT molecular complexity index is 874. The highest BCUT2D eigenvalue weighted by molar-refractivity contribution is 14.0. The van der Waals surface area contributed by atoms with Gasteiger partial charge in [0.25, 0.3) is 5.91 Å². The molecule has 2 aromatic carbocycles. The van der Waals surface area contributed by atoms with Crippen LogP contribution in [-0.4, -0.2) is 24.3 Å². The maximum Gasteiger partial charge on any atom is 0.573 e. The summed E-state index contributed by atoms with van der Waals surface area (Å²) in [6.07, 6.45) is -3.88. The van der Waals surface area contributed by atoms with E-state index in [9.17, 15) is 18.0 Å². The second-order valence-corrected chi connectivity index (χ2v) is 6.73. The number of carbonyl (C=O) groups excluding carboxylic acids is 1. The van der Waals surface area contributed by atoms with Gasteiger partial charge in [0.05, 0.1) is 6.54 Å². The van der Waals surface area contributed by atoms with Crippen LogP contribution >= 0.6 is 24.0 Å². The first-order chi connectivity index (χ1) is 14.2. The van der Waals surface area contributed by atoms with Crippen LogP contribution in [0, 0.1) is 0 Å². The number of amides is 1. The average molecular weight is 550 g/mol. The van der Waals surface area contributed by atoms with E-state index < -0.39 is 6.36 Å². The molecule has 0 saturated heterocycles. The molecule has 2 aromatic rings. The highest BCUT2D eigenvalue weighted by Gasteiger charge is 2.30. The predicted octanol–water partition coefficient (Wildman–Crippen LogP) is 4.34. The summed E-state index contributed by atoms with van der Waals surface area (Å²) in [5, 5.41) is 5.80. The molecule has 0 fully saturated rings. The number of carbonyl (C=O) groups is 1. The fourth-order valence-corrected chi connectivity index (χ4v) is 2.45. The SMILES string of the molecule is CCC(C)NC(=O)c1cccc(CN=C(N)NCc2ccc(OC(F)(F)F)cc2)c1.I. The highest BCUT2D eigenvalue weighted by Crippen LogP contribution is 2.22. The molecule has 0 aromatic heterocycles. The monoisotopic (exact) mass is 550 g/mol. The molecule has 0 heterocycles. The zero-order valence-electron chi connectivity index (χ0n) is 17.2. The zero-order valence-corrected chi connectivity index (χ0v) is 19.5. The normalized spacial score (nSPS) is 12.5. The van der Waals surface area contributed by atoms with Crippen LogP contribution < -0.4 is 21.1 Å². The number of hydrogen-bond donors (Lipinski definition) is 3. The first kappa shape index (κ1) is 26.5. The molecule has 0 aliphatic heterocycles. The van der Waals surface area contributed by atoms with E-state index in [0.29, 0.717) is 17.7 Å². The average Bonchev–Trinajstić information content (AvgIpc) is 2.70. The Labute approximate surface area is 196 Å². The van der Waals surface area contributed by atoms with Crippen LogP contribution in [0.2, 0.25) is 0 Å². The van der Waals surface area contributed by atoms with Crippen molar-refractivity contribution in [1.29, 1.82) is 0 Å². The van der Waals surface area contributed by atoms with Crippen LogP contribution in [0.15, 0.2) is 53.5 Å². The third-order valence-corrected chi connectivity index (χ3v) is 4.24. The Morgan fingerprint density at radius 2 is 1.84 bits per heavy atom. The lowest BCUT2D eigenvalue weighted by Gasteiger charge is -2.12. The van der Waals surface area contributed by atoms with Gasteiger partial charge in [-0.15, -0.1) is 37.1 Å². The Balaban J connectivity index is 0.00000480. The van der Waals surface area contributed by atoms with Gasteiger partial charge in [0, 0.05) is 18.2 Å². The molecule has 0 aliphatic carbocycles. The van der Waals surface area contributed by atoms with E-state index in [-0.39, 0.29) is 54.2 Å². The third kappa shape index (κ3) is 9.90. The molecule has 0 spiro atoms. The predicted molar refractivity (Wildman–Crippen MR) is 124 cm³/mol. The molecule has 6 nitrogen and oxygen atoms in total. The second-order valence-electron chi connectivity index (χ2n) is 6.73. The number of rotatable bonds is 8. The smallest absolute Gasteiger partial charge is 0.406 e. The van der Waals surface area contributed by atoms with E-state index in [1.54, 1.807) is 18.2 Å². The van der Waals surface area contributed by atoms with Gasteiger partial charge < -0.3 is 21.1 Å². The van der Waals surface area contributed by atoms with Gasteiger partial charge in [0.1, 0.15) is 5.75 Å². The largest absolute Gasteiger partial charge is 0.573 e. The number of hydrogen-bond acceptors (Lipinski definition) is 3. The molecular weight excluding hydrogens is 524 g/mol. The van der Waals surface area contributed by atoms with Gasteiger partial charge in [-0.05, 0) is 48.7 Å². The van der Waals surface area contributed by atoms with Gasteiger partial charge in [-0.25, -0.2) is 4.99 Å². The molecule has 0 radical (unpaired) electrons. The van der Waals surface area contributed by atoms with Crippen LogP contribution in [0.1, 0.15) is 41.8 Å². The fourth-order valence-electron chi connectivity index (χ4n) is 2.45. The van der Waals surface area contributed by atoms with E-state index in [1.165, 1.54) is 24.3 Å². The van der Waals surface area contributed by atoms with Crippen molar-refractivity contribution in [2.24, 2.45) is 10.7 Å². The van der Waals surface area contributed by atoms with Crippen molar-refractivity contribution in [3.63, 3.8) is 0 Å². The van der Waals surface area contributed by atoms with Crippen LogP contribution in [-0.2, 0) is 13.1 Å². The van der Waals surface area contributed by atoms with Gasteiger partial charge >= 0.3 is 6.36 Å².